The molecule has 0 fully saturated rings. The summed E-state index contributed by atoms with van der Waals surface area (Å²) in [4.78, 5) is 22.4. The second kappa shape index (κ2) is 5.75. The topological polar surface area (TPSA) is 72.2 Å². The third-order valence-electron chi connectivity index (χ3n) is 2.85. The number of hydrogen-bond donors (Lipinski definition) is 1. The number of carbonyl (C=O) groups is 1. The van der Waals surface area contributed by atoms with Crippen molar-refractivity contribution in [2.45, 2.75) is 31.7 Å². The standard InChI is InChI=1S/C12H14Cl2N2O3/c1-7(13)12(2,3)15-11(17)10-8(14)5-4-6-9(10)16(18)19/h4-7H,1-3H3,(H,15,17). The van der Waals surface area contributed by atoms with E-state index in [1.165, 1.54) is 18.2 Å². The number of amides is 1. The zero-order chi connectivity index (χ0) is 14.8. The lowest BCUT2D eigenvalue weighted by molar-refractivity contribution is -0.385. The molecule has 1 aromatic carbocycles. The van der Waals surface area contributed by atoms with Crippen LogP contribution in [0.3, 0.4) is 0 Å². The molecule has 1 rings (SSSR count). The SMILES string of the molecule is CC(Cl)C(C)(C)NC(=O)c1c(Cl)cccc1[N+](=O)[O-]. The molecule has 0 spiro atoms. The predicted octanol–water partition coefficient (Wildman–Crippen LogP) is 3.38. The van der Waals surface area contributed by atoms with Gasteiger partial charge in [0.25, 0.3) is 11.6 Å². The molecule has 0 bridgehead atoms. The monoisotopic (exact) mass is 304 g/mol. The summed E-state index contributed by atoms with van der Waals surface area (Å²) in [5.41, 5.74) is -1.20. The van der Waals surface area contributed by atoms with Crippen LogP contribution in [0.4, 0.5) is 5.69 Å². The van der Waals surface area contributed by atoms with Crippen molar-refractivity contribution in [3.63, 3.8) is 0 Å². The number of carbonyl (C=O) groups excluding carboxylic acids is 1. The van der Waals surface area contributed by atoms with E-state index in [1.807, 2.05) is 0 Å². The van der Waals surface area contributed by atoms with E-state index in [9.17, 15) is 14.9 Å². The fourth-order valence-corrected chi connectivity index (χ4v) is 1.65. The number of nitro groups is 1. The average molecular weight is 305 g/mol. The first-order valence-corrected chi connectivity index (χ1v) is 6.37. The number of alkyl halides is 1. The van der Waals surface area contributed by atoms with Gasteiger partial charge in [0.1, 0.15) is 5.56 Å². The highest BCUT2D eigenvalue weighted by molar-refractivity contribution is 6.34. The van der Waals surface area contributed by atoms with Crippen molar-refractivity contribution < 1.29 is 9.72 Å². The van der Waals surface area contributed by atoms with Crippen molar-refractivity contribution in [3.05, 3.63) is 38.9 Å². The van der Waals surface area contributed by atoms with E-state index in [4.69, 9.17) is 23.2 Å². The molecule has 0 aliphatic rings. The molecule has 7 heteroatoms. The molecular weight excluding hydrogens is 291 g/mol. The molecule has 0 heterocycles. The Balaban J connectivity index is 3.17. The van der Waals surface area contributed by atoms with Crippen LogP contribution in [-0.4, -0.2) is 21.7 Å². The lowest BCUT2D eigenvalue weighted by Gasteiger charge is -2.29. The number of nitrogens with zero attached hydrogens (tertiary/aromatic N) is 1. The molecule has 5 nitrogen and oxygen atoms in total. The van der Waals surface area contributed by atoms with E-state index < -0.39 is 16.4 Å². The molecule has 0 radical (unpaired) electrons. The van der Waals surface area contributed by atoms with Crippen LogP contribution in [0.1, 0.15) is 31.1 Å². The summed E-state index contributed by atoms with van der Waals surface area (Å²) in [6.45, 7) is 5.18. The van der Waals surface area contributed by atoms with Crippen LogP contribution < -0.4 is 5.32 Å². The van der Waals surface area contributed by atoms with E-state index in [0.717, 1.165) is 0 Å². The van der Waals surface area contributed by atoms with Gasteiger partial charge in [-0.25, -0.2) is 0 Å². The van der Waals surface area contributed by atoms with Crippen molar-refractivity contribution in [2.75, 3.05) is 0 Å². The van der Waals surface area contributed by atoms with Gasteiger partial charge >= 0.3 is 0 Å². The van der Waals surface area contributed by atoms with Crippen LogP contribution in [-0.2, 0) is 0 Å². The second-order valence-electron chi connectivity index (χ2n) is 4.68. The molecule has 1 N–H and O–H groups in total. The quantitative estimate of drug-likeness (QED) is 0.526. The van der Waals surface area contributed by atoms with Crippen molar-refractivity contribution in [3.8, 4) is 0 Å². The van der Waals surface area contributed by atoms with E-state index in [0.29, 0.717) is 0 Å². The Hall–Kier alpha value is -1.33. The van der Waals surface area contributed by atoms with Gasteiger partial charge in [0.05, 0.1) is 20.9 Å². The molecule has 19 heavy (non-hydrogen) atoms. The van der Waals surface area contributed by atoms with Crippen molar-refractivity contribution in [2.24, 2.45) is 0 Å². The van der Waals surface area contributed by atoms with Gasteiger partial charge < -0.3 is 5.32 Å². The molecule has 0 saturated carbocycles. The Kier molecular flexibility index (Phi) is 4.76. The summed E-state index contributed by atoms with van der Waals surface area (Å²) in [6, 6.07) is 4.09. The number of halogens is 2. The van der Waals surface area contributed by atoms with Crippen molar-refractivity contribution in [1.82, 2.24) is 5.32 Å². The lowest BCUT2D eigenvalue weighted by Crippen LogP contribution is -2.49. The first-order chi connectivity index (χ1) is 8.66. The highest BCUT2D eigenvalue weighted by Crippen LogP contribution is 2.27. The third-order valence-corrected chi connectivity index (χ3v) is 3.71. The van der Waals surface area contributed by atoms with Crippen LogP contribution in [0, 0.1) is 10.1 Å². The van der Waals surface area contributed by atoms with Gasteiger partial charge in [-0.2, -0.15) is 0 Å². The molecule has 1 atom stereocenters. The minimum atomic E-state index is -0.717. The summed E-state index contributed by atoms with van der Waals surface area (Å²) < 4.78 is 0. The number of nitro benzene ring substituents is 1. The smallest absolute Gasteiger partial charge is 0.283 e. The Morgan fingerprint density at radius 1 is 1.47 bits per heavy atom. The second-order valence-corrected chi connectivity index (χ2v) is 5.74. The van der Waals surface area contributed by atoms with Gasteiger partial charge in [0.2, 0.25) is 0 Å². The molecule has 1 unspecified atom stereocenters. The summed E-state index contributed by atoms with van der Waals surface area (Å²) in [5.74, 6) is -0.616. The Morgan fingerprint density at radius 2 is 2.05 bits per heavy atom. The molecule has 0 saturated heterocycles. The van der Waals surface area contributed by atoms with Gasteiger partial charge in [-0.15, -0.1) is 11.6 Å². The third kappa shape index (κ3) is 3.58. The number of rotatable bonds is 4. The molecule has 104 valence electrons. The number of nitrogens with one attached hydrogen (secondary N) is 1. The maximum Gasteiger partial charge on any atom is 0.283 e. The van der Waals surface area contributed by atoms with Crippen molar-refractivity contribution >= 4 is 34.8 Å². The van der Waals surface area contributed by atoms with Crippen LogP contribution in [0.5, 0.6) is 0 Å². The normalized spacial score (nSPS) is 12.9. The molecular formula is C12H14Cl2N2O3. The maximum absolute atomic E-state index is 12.2. The number of hydrogen-bond acceptors (Lipinski definition) is 3. The van der Waals surface area contributed by atoms with Crippen LogP contribution in [0.15, 0.2) is 18.2 Å². The molecule has 0 aromatic heterocycles. The van der Waals surface area contributed by atoms with Crippen LogP contribution in [0.2, 0.25) is 5.02 Å². The first-order valence-electron chi connectivity index (χ1n) is 5.56. The van der Waals surface area contributed by atoms with E-state index in [-0.39, 0.29) is 21.7 Å². The fourth-order valence-electron chi connectivity index (χ4n) is 1.34. The van der Waals surface area contributed by atoms with E-state index in [1.54, 1.807) is 20.8 Å². The van der Waals surface area contributed by atoms with Crippen LogP contribution >= 0.6 is 23.2 Å². The maximum atomic E-state index is 12.2. The largest absolute Gasteiger partial charge is 0.345 e. The van der Waals surface area contributed by atoms with Gasteiger partial charge in [-0.05, 0) is 26.8 Å². The minimum absolute atomic E-state index is 0.0322. The summed E-state index contributed by atoms with van der Waals surface area (Å²) >= 11 is 11.8. The Bertz CT molecular complexity index is 516. The Labute approximate surface area is 121 Å². The molecule has 1 amide bonds. The zero-order valence-electron chi connectivity index (χ0n) is 10.7. The van der Waals surface area contributed by atoms with Gasteiger partial charge in [-0.1, -0.05) is 17.7 Å². The minimum Gasteiger partial charge on any atom is -0.345 e. The molecule has 0 aliphatic heterocycles. The predicted molar refractivity (Wildman–Crippen MR) is 75.0 cm³/mol. The van der Waals surface area contributed by atoms with Gasteiger partial charge in [-0.3, -0.25) is 14.9 Å². The summed E-state index contributed by atoms with van der Waals surface area (Å²) in [5, 5.41) is 13.3. The van der Waals surface area contributed by atoms with Gasteiger partial charge in [0, 0.05) is 6.07 Å². The highest BCUT2D eigenvalue weighted by atomic mass is 35.5. The summed E-state index contributed by atoms with van der Waals surface area (Å²) in [6.07, 6.45) is 0. The first kappa shape index (κ1) is 15.7. The van der Waals surface area contributed by atoms with Crippen molar-refractivity contribution in [1.29, 1.82) is 0 Å². The zero-order valence-corrected chi connectivity index (χ0v) is 12.2. The number of benzene rings is 1. The van der Waals surface area contributed by atoms with E-state index >= 15 is 0 Å². The van der Waals surface area contributed by atoms with Crippen LogP contribution in [0.25, 0.3) is 0 Å². The highest BCUT2D eigenvalue weighted by Gasteiger charge is 2.30. The van der Waals surface area contributed by atoms with E-state index in [2.05, 4.69) is 5.32 Å². The Morgan fingerprint density at radius 3 is 2.53 bits per heavy atom. The van der Waals surface area contributed by atoms with Gasteiger partial charge in [0.15, 0.2) is 0 Å². The molecule has 1 aromatic rings. The average Bonchev–Trinajstić information content (AvgIpc) is 2.27. The lowest BCUT2D eigenvalue weighted by atomic mass is 10.0. The molecule has 0 aliphatic carbocycles. The fraction of sp³-hybridized carbons (Fsp3) is 0.417. The summed E-state index contributed by atoms with van der Waals surface area (Å²) in [7, 11) is 0.